The molecular weight excluding hydrogens is 413 g/mol. The number of nitrogens with zero attached hydrogens (tertiary/aromatic N) is 2. The van der Waals surface area contributed by atoms with Crippen LogP contribution in [-0.4, -0.2) is 54.6 Å². The van der Waals surface area contributed by atoms with E-state index < -0.39 is 11.5 Å². The standard InChI is InChI=1S/C24H32FN3O4/c1-23(2,3)32-22(31)27-11-8-24(9-12-27)10-13-28(15-24)19-6-4-16(14-18(19)25)17-5-7-20(29)26-21(17)30/h4,6,14,17H,5,7-13,15H2,1-3H3,(H,26,29,30). The molecule has 1 N–H and O–H groups in total. The Hall–Kier alpha value is -2.64. The van der Waals surface area contributed by atoms with E-state index in [0.717, 1.165) is 32.4 Å². The Morgan fingerprint density at radius 2 is 1.84 bits per heavy atom. The highest BCUT2D eigenvalue weighted by Crippen LogP contribution is 2.43. The Kier molecular flexibility index (Phi) is 5.90. The Labute approximate surface area is 188 Å². The van der Waals surface area contributed by atoms with Gasteiger partial charge in [-0.05, 0) is 69.6 Å². The van der Waals surface area contributed by atoms with Gasteiger partial charge in [0.1, 0.15) is 11.4 Å². The van der Waals surface area contributed by atoms with Crippen LogP contribution in [0, 0.1) is 11.2 Å². The minimum atomic E-state index is -0.506. The molecular formula is C24H32FN3O4. The Morgan fingerprint density at radius 3 is 2.47 bits per heavy atom. The zero-order valence-corrected chi connectivity index (χ0v) is 19.1. The van der Waals surface area contributed by atoms with Gasteiger partial charge in [0, 0.05) is 32.6 Å². The van der Waals surface area contributed by atoms with Crippen molar-refractivity contribution in [2.24, 2.45) is 5.41 Å². The van der Waals surface area contributed by atoms with Gasteiger partial charge in [0.2, 0.25) is 11.8 Å². The molecule has 0 aliphatic carbocycles. The number of carbonyl (C=O) groups is 3. The predicted octanol–water partition coefficient (Wildman–Crippen LogP) is 3.57. The summed E-state index contributed by atoms with van der Waals surface area (Å²) in [6, 6.07) is 4.99. The summed E-state index contributed by atoms with van der Waals surface area (Å²) in [7, 11) is 0. The summed E-state index contributed by atoms with van der Waals surface area (Å²) >= 11 is 0. The quantitative estimate of drug-likeness (QED) is 0.704. The third-order valence-electron chi connectivity index (χ3n) is 6.87. The van der Waals surface area contributed by atoms with Crippen LogP contribution in [0.5, 0.6) is 0 Å². The Balaban J connectivity index is 1.38. The molecule has 8 heteroatoms. The van der Waals surface area contributed by atoms with Crippen molar-refractivity contribution < 1.29 is 23.5 Å². The number of rotatable bonds is 2. The number of anilines is 1. The van der Waals surface area contributed by atoms with E-state index in [1.54, 1.807) is 17.0 Å². The molecule has 0 radical (unpaired) electrons. The van der Waals surface area contributed by atoms with Crippen molar-refractivity contribution >= 4 is 23.6 Å². The zero-order chi connectivity index (χ0) is 23.1. The number of benzene rings is 1. The smallest absolute Gasteiger partial charge is 0.410 e. The van der Waals surface area contributed by atoms with Crippen molar-refractivity contribution in [1.29, 1.82) is 0 Å². The number of halogens is 1. The molecule has 0 bridgehead atoms. The summed E-state index contributed by atoms with van der Waals surface area (Å²) in [6.07, 6.45) is 3.12. The minimum absolute atomic E-state index is 0.0766. The molecule has 3 fully saturated rings. The fourth-order valence-corrected chi connectivity index (χ4v) is 5.05. The lowest BCUT2D eigenvalue weighted by molar-refractivity contribution is -0.134. The van der Waals surface area contributed by atoms with Gasteiger partial charge in [-0.2, -0.15) is 0 Å². The molecule has 3 amide bonds. The van der Waals surface area contributed by atoms with Crippen LogP contribution in [0.4, 0.5) is 14.9 Å². The number of amides is 3. The van der Waals surface area contributed by atoms with Crippen LogP contribution < -0.4 is 10.2 Å². The number of ether oxygens (including phenoxy) is 1. The second-order valence-corrected chi connectivity index (χ2v) is 10.4. The molecule has 1 aromatic rings. The minimum Gasteiger partial charge on any atom is -0.444 e. The molecule has 7 nitrogen and oxygen atoms in total. The van der Waals surface area contributed by atoms with Gasteiger partial charge in [0.25, 0.3) is 0 Å². The molecule has 1 spiro atoms. The lowest BCUT2D eigenvalue weighted by Gasteiger charge is -2.39. The van der Waals surface area contributed by atoms with Crippen LogP contribution in [0.25, 0.3) is 0 Å². The number of hydrogen-bond donors (Lipinski definition) is 1. The van der Waals surface area contributed by atoms with Crippen LogP contribution in [0.15, 0.2) is 18.2 Å². The van der Waals surface area contributed by atoms with Gasteiger partial charge in [0.15, 0.2) is 0 Å². The van der Waals surface area contributed by atoms with Gasteiger partial charge in [-0.3, -0.25) is 14.9 Å². The first-order valence-electron chi connectivity index (χ1n) is 11.4. The molecule has 1 atom stereocenters. The van der Waals surface area contributed by atoms with Gasteiger partial charge in [-0.15, -0.1) is 0 Å². The zero-order valence-electron chi connectivity index (χ0n) is 19.1. The van der Waals surface area contributed by atoms with E-state index in [0.29, 0.717) is 30.8 Å². The van der Waals surface area contributed by atoms with Gasteiger partial charge >= 0.3 is 6.09 Å². The maximum Gasteiger partial charge on any atom is 0.410 e. The summed E-state index contributed by atoms with van der Waals surface area (Å²) < 4.78 is 20.5. The Bertz CT molecular complexity index is 918. The largest absolute Gasteiger partial charge is 0.444 e. The van der Waals surface area contributed by atoms with E-state index in [9.17, 15) is 14.4 Å². The van der Waals surface area contributed by atoms with Gasteiger partial charge < -0.3 is 14.5 Å². The van der Waals surface area contributed by atoms with E-state index in [1.165, 1.54) is 6.07 Å². The van der Waals surface area contributed by atoms with Crippen molar-refractivity contribution in [1.82, 2.24) is 10.2 Å². The first-order valence-corrected chi connectivity index (χ1v) is 11.4. The van der Waals surface area contributed by atoms with Crippen LogP contribution in [0.1, 0.15) is 64.4 Å². The molecule has 174 valence electrons. The van der Waals surface area contributed by atoms with E-state index >= 15 is 4.39 Å². The number of hydrogen-bond acceptors (Lipinski definition) is 5. The van der Waals surface area contributed by atoms with Crippen LogP contribution in [0.3, 0.4) is 0 Å². The maximum atomic E-state index is 15.0. The highest BCUT2D eigenvalue weighted by atomic mass is 19.1. The fraction of sp³-hybridized carbons (Fsp3) is 0.625. The number of likely N-dealkylation sites (tertiary alicyclic amines) is 1. The van der Waals surface area contributed by atoms with E-state index in [1.807, 2.05) is 20.8 Å². The molecule has 32 heavy (non-hydrogen) atoms. The molecule has 0 saturated carbocycles. The maximum absolute atomic E-state index is 15.0. The van der Waals surface area contributed by atoms with Gasteiger partial charge in [-0.25, -0.2) is 9.18 Å². The van der Waals surface area contributed by atoms with Crippen LogP contribution >= 0.6 is 0 Å². The average Bonchev–Trinajstić information content (AvgIpc) is 3.10. The third kappa shape index (κ3) is 4.74. The second-order valence-electron chi connectivity index (χ2n) is 10.4. The molecule has 1 unspecified atom stereocenters. The van der Waals surface area contributed by atoms with Crippen molar-refractivity contribution in [2.45, 2.75) is 64.4 Å². The Morgan fingerprint density at radius 1 is 1.16 bits per heavy atom. The first kappa shape index (κ1) is 22.6. The first-order chi connectivity index (χ1) is 15.1. The topological polar surface area (TPSA) is 79.0 Å². The molecule has 3 saturated heterocycles. The summed E-state index contributed by atoms with van der Waals surface area (Å²) in [5.41, 5.74) is 0.726. The fourth-order valence-electron chi connectivity index (χ4n) is 5.05. The summed E-state index contributed by atoms with van der Waals surface area (Å²) in [5.74, 6) is -1.46. The summed E-state index contributed by atoms with van der Waals surface area (Å²) in [4.78, 5) is 39.7. The number of piperidine rings is 2. The highest BCUT2D eigenvalue weighted by molar-refractivity contribution is 6.00. The third-order valence-corrected chi connectivity index (χ3v) is 6.87. The van der Waals surface area contributed by atoms with E-state index in [2.05, 4.69) is 10.2 Å². The summed E-state index contributed by atoms with van der Waals surface area (Å²) in [5, 5.41) is 2.33. The highest BCUT2D eigenvalue weighted by Gasteiger charge is 2.42. The second kappa shape index (κ2) is 8.37. The van der Waals surface area contributed by atoms with Crippen molar-refractivity contribution in [3.8, 4) is 0 Å². The average molecular weight is 446 g/mol. The van der Waals surface area contributed by atoms with E-state index in [4.69, 9.17) is 4.74 Å². The van der Waals surface area contributed by atoms with Crippen molar-refractivity contribution in [3.05, 3.63) is 29.6 Å². The van der Waals surface area contributed by atoms with Crippen molar-refractivity contribution in [2.75, 3.05) is 31.1 Å². The van der Waals surface area contributed by atoms with Crippen LogP contribution in [-0.2, 0) is 14.3 Å². The lowest BCUT2D eigenvalue weighted by atomic mass is 9.78. The number of imide groups is 1. The van der Waals surface area contributed by atoms with E-state index in [-0.39, 0.29) is 35.6 Å². The van der Waals surface area contributed by atoms with Crippen molar-refractivity contribution in [3.63, 3.8) is 0 Å². The normalized spacial score (nSPS) is 23.4. The van der Waals surface area contributed by atoms with Gasteiger partial charge in [0.05, 0.1) is 11.6 Å². The number of nitrogens with one attached hydrogen (secondary N) is 1. The van der Waals surface area contributed by atoms with Gasteiger partial charge in [-0.1, -0.05) is 6.07 Å². The summed E-state index contributed by atoms with van der Waals surface area (Å²) in [6.45, 7) is 8.42. The number of carbonyl (C=O) groups excluding carboxylic acids is 3. The SMILES string of the molecule is CC(C)(C)OC(=O)N1CCC2(CC1)CCN(c1ccc(C3CCC(=O)NC3=O)cc1F)C2. The lowest BCUT2D eigenvalue weighted by Crippen LogP contribution is -2.46. The molecule has 3 aliphatic heterocycles. The molecule has 3 heterocycles. The molecule has 4 rings (SSSR count). The monoisotopic (exact) mass is 445 g/mol. The molecule has 3 aliphatic rings. The molecule has 1 aromatic carbocycles. The molecule has 0 aromatic heterocycles. The predicted molar refractivity (Wildman–Crippen MR) is 118 cm³/mol. The van der Waals surface area contributed by atoms with Crippen LogP contribution in [0.2, 0.25) is 0 Å².